The maximum absolute atomic E-state index is 12.6. The van der Waals surface area contributed by atoms with Crippen LogP contribution in [0.1, 0.15) is 122 Å². The fraction of sp³-hybridized carbons (Fsp3) is 0.684. The van der Waals surface area contributed by atoms with E-state index in [0.29, 0.717) is 29.2 Å². The van der Waals surface area contributed by atoms with Crippen molar-refractivity contribution in [3.63, 3.8) is 0 Å². The average Bonchev–Trinajstić information content (AvgIpc) is 3.39. The van der Waals surface area contributed by atoms with Crippen LogP contribution in [0.4, 0.5) is 0 Å². The summed E-state index contributed by atoms with van der Waals surface area (Å²) in [5, 5.41) is 10.4. The predicted molar refractivity (Wildman–Crippen MR) is 170 cm³/mol. The van der Waals surface area contributed by atoms with Crippen molar-refractivity contribution in [3.8, 4) is 0 Å². The molecule has 0 amide bonds. The van der Waals surface area contributed by atoms with E-state index in [1.807, 2.05) is 19.1 Å². The summed E-state index contributed by atoms with van der Waals surface area (Å²) in [5.74, 6) is 1.35. The van der Waals surface area contributed by atoms with Crippen LogP contribution < -0.4 is 0 Å². The van der Waals surface area contributed by atoms with Gasteiger partial charge in [0.15, 0.2) is 0 Å². The Morgan fingerprint density at radius 1 is 0.881 bits per heavy atom. The second-order valence-electron chi connectivity index (χ2n) is 15.6. The molecule has 6 rings (SSSR count). The Balaban J connectivity index is 0.00000113. The lowest BCUT2D eigenvalue weighted by molar-refractivity contribution is -0.225. The van der Waals surface area contributed by atoms with E-state index < -0.39 is 11.4 Å². The highest BCUT2D eigenvalue weighted by Gasteiger charge is 2.70. The van der Waals surface area contributed by atoms with Gasteiger partial charge in [-0.1, -0.05) is 65.3 Å². The molecule has 4 heteroatoms. The van der Waals surface area contributed by atoms with Gasteiger partial charge in [0, 0.05) is 0 Å². The number of rotatable bonds is 3. The number of benzene rings is 1. The molecule has 5 aliphatic rings. The molecule has 0 radical (unpaired) electrons. The second kappa shape index (κ2) is 10.7. The van der Waals surface area contributed by atoms with Gasteiger partial charge in [-0.3, -0.25) is 4.79 Å². The summed E-state index contributed by atoms with van der Waals surface area (Å²) >= 11 is 0. The zero-order valence-electron chi connectivity index (χ0n) is 27.2. The van der Waals surface area contributed by atoms with Crippen molar-refractivity contribution in [3.05, 3.63) is 54.1 Å². The summed E-state index contributed by atoms with van der Waals surface area (Å²) in [6, 6.07) is 7.99. The summed E-state index contributed by atoms with van der Waals surface area (Å²) in [6.45, 7) is 17.9. The summed E-state index contributed by atoms with van der Waals surface area (Å²) in [6.07, 6.45) is 15.3. The van der Waals surface area contributed by atoms with Gasteiger partial charge in [0.05, 0.1) is 18.1 Å². The van der Waals surface area contributed by atoms with Crippen molar-refractivity contribution in [2.75, 3.05) is 7.11 Å². The number of hydrogen-bond acceptors (Lipinski definition) is 3. The van der Waals surface area contributed by atoms with E-state index in [-0.39, 0.29) is 27.6 Å². The number of carboxylic acids is 1. The Labute approximate surface area is 254 Å². The van der Waals surface area contributed by atoms with Crippen molar-refractivity contribution in [1.29, 1.82) is 0 Å². The topological polar surface area (TPSA) is 63.6 Å². The third-order valence-corrected chi connectivity index (χ3v) is 14.0. The lowest BCUT2D eigenvalue weighted by Gasteiger charge is -2.72. The van der Waals surface area contributed by atoms with Gasteiger partial charge < -0.3 is 9.84 Å². The van der Waals surface area contributed by atoms with Crippen molar-refractivity contribution in [2.24, 2.45) is 50.7 Å². The van der Waals surface area contributed by atoms with E-state index in [2.05, 4.69) is 59.4 Å². The molecule has 0 saturated heterocycles. The highest BCUT2D eigenvalue weighted by Crippen LogP contribution is 2.77. The minimum atomic E-state index is -0.513. The van der Waals surface area contributed by atoms with Crippen LogP contribution >= 0.6 is 0 Å². The number of fused-ring (bicyclic) bond motifs is 7. The van der Waals surface area contributed by atoms with E-state index in [0.717, 1.165) is 38.5 Å². The minimum Gasteiger partial charge on any atom is -0.481 e. The predicted octanol–water partition coefficient (Wildman–Crippen LogP) is 9.60. The lowest BCUT2D eigenvalue weighted by atomic mass is 9.32. The van der Waals surface area contributed by atoms with Gasteiger partial charge in [0.25, 0.3) is 0 Å². The normalized spacial score (nSPS) is 41.4. The van der Waals surface area contributed by atoms with E-state index in [1.54, 1.807) is 6.08 Å². The van der Waals surface area contributed by atoms with E-state index in [9.17, 15) is 14.7 Å². The molecule has 4 nitrogen and oxygen atoms in total. The lowest BCUT2D eigenvalue weighted by Crippen LogP contribution is -2.65. The molecular weight excluding hydrogens is 520 g/mol. The number of carboxylic acid groups (broad SMARTS) is 1. The molecular formula is C38H54O4. The molecule has 230 valence electrons. The monoisotopic (exact) mass is 574 g/mol. The van der Waals surface area contributed by atoms with Crippen LogP contribution in [0.15, 0.2) is 43.0 Å². The molecule has 0 spiro atoms. The minimum absolute atomic E-state index is 0.0370. The second-order valence-corrected chi connectivity index (χ2v) is 15.6. The summed E-state index contributed by atoms with van der Waals surface area (Å²) in [7, 11) is 1.43. The summed E-state index contributed by atoms with van der Waals surface area (Å²) in [4.78, 5) is 24.6. The van der Waals surface area contributed by atoms with Crippen molar-refractivity contribution >= 4 is 17.5 Å². The van der Waals surface area contributed by atoms with Gasteiger partial charge in [-0.05, 0) is 133 Å². The van der Waals surface area contributed by atoms with Gasteiger partial charge in [0.2, 0.25) is 0 Å². The SMILES string of the molecule is C=CC.COC(=O)c1ccc(C2=CCC3(C)C(CCC4(C)C3CCC3C5CCCC5(C(=O)O)CC[C@]34C)C2(C)C)cc1. The maximum Gasteiger partial charge on any atom is 0.337 e. The number of aliphatic carboxylic acids is 1. The fourth-order valence-corrected chi connectivity index (χ4v) is 11.9. The van der Waals surface area contributed by atoms with Crippen molar-refractivity contribution < 1.29 is 19.4 Å². The van der Waals surface area contributed by atoms with Crippen LogP contribution in [0.2, 0.25) is 0 Å². The molecule has 4 saturated carbocycles. The van der Waals surface area contributed by atoms with Crippen LogP contribution in [-0.2, 0) is 9.53 Å². The number of methoxy groups -OCH3 is 1. The number of carbonyl (C=O) groups is 2. The first-order valence-electron chi connectivity index (χ1n) is 16.5. The molecule has 42 heavy (non-hydrogen) atoms. The Kier molecular flexibility index (Phi) is 7.89. The molecule has 1 aromatic carbocycles. The van der Waals surface area contributed by atoms with Crippen LogP contribution in [0.3, 0.4) is 0 Å². The number of carbonyl (C=O) groups excluding carboxylic acids is 1. The Bertz CT molecular complexity index is 1260. The highest BCUT2D eigenvalue weighted by atomic mass is 16.5. The molecule has 0 aliphatic heterocycles. The zero-order valence-corrected chi connectivity index (χ0v) is 27.2. The molecule has 4 fully saturated rings. The molecule has 5 aliphatic carbocycles. The third kappa shape index (κ3) is 4.20. The smallest absolute Gasteiger partial charge is 0.337 e. The maximum atomic E-state index is 12.6. The van der Waals surface area contributed by atoms with E-state index >= 15 is 0 Å². The van der Waals surface area contributed by atoms with Crippen molar-refractivity contribution in [2.45, 2.75) is 106 Å². The largest absolute Gasteiger partial charge is 0.481 e. The standard InChI is InChI=1S/C35H48O4.C3H6/c1-31(2)24(22-9-11-23(12-10-22)29(36)39-6)15-18-32(3)27(31)16-19-34(5)28(32)14-13-25-26-8-7-17-35(26,30(37)38)21-20-33(25,34)4;1-3-2/h9-12,15,25-28H,7-8,13-14,16-21H2,1-6H3,(H,37,38);3H,1H2,2H3/t25?,26?,27?,28?,32?,33-,34?,35?;/m1./s1. The Hall–Kier alpha value is -2.36. The molecule has 0 heterocycles. The number of hydrogen-bond donors (Lipinski definition) is 1. The van der Waals surface area contributed by atoms with Crippen LogP contribution in [0, 0.1) is 50.7 Å². The van der Waals surface area contributed by atoms with E-state index in [1.165, 1.54) is 43.9 Å². The van der Waals surface area contributed by atoms with Gasteiger partial charge in [0.1, 0.15) is 0 Å². The Morgan fingerprint density at radius 3 is 2.17 bits per heavy atom. The average molecular weight is 575 g/mol. The first-order chi connectivity index (χ1) is 19.8. The highest BCUT2D eigenvalue weighted by molar-refractivity contribution is 5.90. The number of esters is 1. The van der Waals surface area contributed by atoms with Gasteiger partial charge >= 0.3 is 11.9 Å². The zero-order chi connectivity index (χ0) is 30.7. The van der Waals surface area contributed by atoms with Gasteiger partial charge in [-0.2, -0.15) is 0 Å². The first kappa shape index (κ1) is 31.1. The number of allylic oxidation sites excluding steroid dienone is 3. The van der Waals surface area contributed by atoms with Crippen LogP contribution in [0.5, 0.6) is 0 Å². The summed E-state index contributed by atoms with van der Waals surface area (Å²) in [5.41, 5.74) is 3.51. The van der Waals surface area contributed by atoms with E-state index in [4.69, 9.17) is 4.74 Å². The third-order valence-electron chi connectivity index (χ3n) is 14.0. The van der Waals surface area contributed by atoms with Crippen LogP contribution in [0.25, 0.3) is 5.57 Å². The summed E-state index contributed by atoms with van der Waals surface area (Å²) < 4.78 is 4.91. The molecule has 1 aromatic rings. The molecule has 7 unspecified atom stereocenters. The molecule has 1 N–H and O–H groups in total. The first-order valence-corrected chi connectivity index (χ1v) is 16.5. The molecule has 0 bridgehead atoms. The number of ether oxygens (including phenoxy) is 1. The quantitative estimate of drug-likeness (QED) is 0.288. The fourth-order valence-electron chi connectivity index (χ4n) is 11.9. The van der Waals surface area contributed by atoms with Crippen molar-refractivity contribution in [1.82, 2.24) is 0 Å². The molecule has 8 atom stereocenters. The van der Waals surface area contributed by atoms with Crippen LogP contribution in [-0.4, -0.2) is 24.2 Å². The van der Waals surface area contributed by atoms with Gasteiger partial charge in [-0.25, -0.2) is 4.79 Å². The Morgan fingerprint density at radius 2 is 1.55 bits per heavy atom. The molecule has 0 aromatic heterocycles. The van der Waals surface area contributed by atoms with Gasteiger partial charge in [-0.15, -0.1) is 6.58 Å².